The van der Waals surface area contributed by atoms with Gasteiger partial charge in [0, 0.05) is 30.9 Å². The number of halogens is 2. The first-order chi connectivity index (χ1) is 25.1. The molecule has 1 aliphatic rings. The van der Waals surface area contributed by atoms with Gasteiger partial charge >= 0.3 is 25.2 Å². The summed E-state index contributed by atoms with van der Waals surface area (Å²) < 4.78 is 64.9. The van der Waals surface area contributed by atoms with Gasteiger partial charge < -0.3 is 24.6 Å². The molecule has 2 aromatic carbocycles. The van der Waals surface area contributed by atoms with Crippen LogP contribution in [0.3, 0.4) is 0 Å². The maximum Gasteiger partial charge on any atom is 0.410 e. The largest absolute Gasteiger partial charge is 0.438 e. The predicted molar refractivity (Wildman–Crippen MR) is 197 cm³/mol. The van der Waals surface area contributed by atoms with E-state index < -0.39 is 67.1 Å². The van der Waals surface area contributed by atoms with Crippen molar-refractivity contribution >= 4 is 48.5 Å². The van der Waals surface area contributed by atoms with Crippen molar-refractivity contribution in [2.45, 2.75) is 79.4 Å². The number of carbonyl (C=O) groups is 5. The molecule has 3 rings (SSSR count). The zero-order valence-electron chi connectivity index (χ0n) is 32.0. The van der Waals surface area contributed by atoms with Crippen LogP contribution in [0.1, 0.15) is 78.9 Å². The molecule has 296 valence electrons. The Labute approximate surface area is 314 Å². The molecule has 0 bridgehead atoms. The van der Waals surface area contributed by atoms with E-state index in [1.54, 1.807) is 38.2 Å². The molecule has 1 aliphatic heterocycles. The number of carbonyl (C=O) groups excluding carboxylic acids is 5. The number of rotatable bonds is 14. The van der Waals surface area contributed by atoms with Crippen LogP contribution in [-0.2, 0) is 52.7 Å². The van der Waals surface area contributed by atoms with Crippen molar-refractivity contribution in [1.29, 1.82) is 0 Å². The molecule has 0 radical (unpaired) electrons. The number of nitrogens with zero attached hydrogens (tertiary/aromatic N) is 2. The van der Waals surface area contributed by atoms with E-state index in [1.165, 1.54) is 69.6 Å². The number of likely N-dealkylation sites (tertiary alicyclic amines) is 1. The summed E-state index contributed by atoms with van der Waals surface area (Å²) in [5.74, 6) is -2.89. The molecule has 0 saturated carbocycles. The number of ether oxygens (including phenoxy) is 2. The minimum absolute atomic E-state index is 0.157. The highest BCUT2D eigenvalue weighted by molar-refractivity contribution is 7.54. The number of likely N-dealkylation sites (N-methyl/N-ethyl adjacent to an activating group) is 1. The lowest BCUT2D eigenvalue weighted by molar-refractivity contribution is -0.163. The van der Waals surface area contributed by atoms with Crippen molar-refractivity contribution in [1.82, 2.24) is 10.2 Å². The summed E-state index contributed by atoms with van der Waals surface area (Å²) in [6.07, 6.45) is 2.88. The first kappa shape index (κ1) is 43.9. The van der Waals surface area contributed by atoms with E-state index in [0.717, 1.165) is 12.1 Å². The average Bonchev–Trinajstić information content (AvgIpc) is 3.27. The SMILES string of the molecule is C/C(=C\C(=O)N[C@H]1CCCCN(CC(=O)N(C)c2ccccc2)C1=O)c1ccc(C(F)(F)P(=O)(OCOC(=O)C(C)(C)C)OCOC(=O)C(C)(C)C)cc1. The lowest BCUT2D eigenvalue weighted by Crippen LogP contribution is -2.50. The number of benzene rings is 2. The zero-order valence-corrected chi connectivity index (χ0v) is 32.9. The number of allylic oxidation sites excluding steroid dienone is 1. The second-order valence-electron chi connectivity index (χ2n) is 14.9. The average molecular weight is 778 g/mol. The number of hydrogen-bond donors (Lipinski definition) is 1. The molecule has 0 unspecified atom stereocenters. The molecular weight excluding hydrogens is 727 g/mol. The second-order valence-corrected chi connectivity index (χ2v) is 17.0. The Morgan fingerprint density at radius 1 is 0.889 bits per heavy atom. The Kier molecular flexibility index (Phi) is 14.8. The van der Waals surface area contributed by atoms with Crippen LogP contribution >= 0.6 is 7.60 Å². The number of alkyl halides is 2. The predicted octanol–water partition coefficient (Wildman–Crippen LogP) is 6.62. The van der Waals surface area contributed by atoms with Crippen LogP contribution in [0.5, 0.6) is 0 Å². The maximum absolute atomic E-state index is 15.9. The molecule has 1 atom stereocenters. The normalized spacial score (nSPS) is 16.0. The van der Waals surface area contributed by atoms with Gasteiger partial charge in [-0.2, -0.15) is 8.78 Å². The molecule has 1 saturated heterocycles. The van der Waals surface area contributed by atoms with E-state index in [1.807, 2.05) is 6.07 Å². The van der Waals surface area contributed by atoms with Gasteiger partial charge in [0.1, 0.15) is 12.6 Å². The van der Waals surface area contributed by atoms with E-state index in [-0.39, 0.29) is 18.4 Å². The van der Waals surface area contributed by atoms with Crippen LogP contribution in [0.4, 0.5) is 14.5 Å². The molecule has 54 heavy (non-hydrogen) atoms. The van der Waals surface area contributed by atoms with Gasteiger partial charge in [-0.05, 0) is 91.0 Å². The molecule has 1 N–H and O–H groups in total. The molecule has 3 amide bonds. The summed E-state index contributed by atoms with van der Waals surface area (Å²) in [4.78, 5) is 66.7. The first-order valence-electron chi connectivity index (χ1n) is 17.4. The summed E-state index contributed by atoms with van der Waals surface area (Å²) >= 11 is 0. The fourth-order valence-electron chi connectivity index (χ4n) is 4.98. The van der Waals surface area contributed by atoms with Crippen LogP contribution in [0.15, 0.2) is 60.7 Å². The standard InChI is InChI=1S/C38H50F2N3O10P/c1-26(22-31(44)41-30-16-12-13-21-43(33(30)46)23-32(45)42(8)29-14-10-9-11-15-29)27-17-19-28(20-18-27)38(39,40)54(49,52-24-50-34(47)36(2,3)4)53-25-51-35(48)37(5,6)7/h9-11,14-15,17-20,22,30H,12-13,16,21,23-25H2,1-8H3,(H,41,44)/b26-22+/t30-/m0/s1. The summed E-state index contributed by atoms with van der Waals surface area (Å²) in [7, 11) is -3.89. The highest BCUT2D eigenvalue weighted by atomic mass is 31.2. The Morgan fingerprint density at radius 3 is 1.94 bits per heavy atom. The topological polar surface area (TPSA) is 158 Å². The van der Waals surface area contributed by atoms with Crippen molar-refractivity contribution in [3.8, 4) is 0 Å². The van der Waals surface area contributed by atoms with Crippen LogP contribution in [-0.4, -0.2) is 74.3 Å². The highest BCUT2D eigenvalue weighted by Crippen LogP contribution is 2.67. The van der Waals surface area contributed by atoms with Gasteiger partial charge in [0.05, 0.1) is 10.8 Å². The third-order valence-corrected chi connectivity index (χ3v) is 10.2. The minimum atomic E-state index is -5.51. The van der Waals surface area contributed by atoms with Gasteiger partial charge in [0.25, 0.3) is 0 Å². The van der Waals surface area contributed by atoms with Gasteiger partial charge in [-0.25, -0.2) is 0 Å². The van der Waals surface area contributed by atoms with Crippen molar-refractivity contribution in [3.05, 3.63) is 71.8 Å². The summed E-state index contributed by atoms with van der Waals surface area (Å²) in [6, 6.07) is 12.6. The monoisotopic (exact) mass is 777 g/mol. The number of amides is 3. The molecule has 16 heteroatoms. The van der Waals surface area contributed by atoms with Crippen molar-refractivity contribution in [2.24, 2.45) is 10.8 Å². The molecule has 1 fully saturated rings. The van der Waals surface area contributed by atoms with Gasteiger partial charge in [0.2, 0.25) is 31.3 Å². The van der Waals surface area contributed by atoms with E-state index in [0.29, 0.717) is 42.6 Å². The third kappa shape index (κ3) is 11.8. The van der Waals surface area contributed by atoms with E-state index in [9.17, 15) is 28.5 Å². The number of anilines is 1. The Bertz CT molecular complexity index is 1700. The van der Waals surface area contributed by atoms with Crippen LogP contribution in [0.2, 0.25) is 0 Å². The number of nitrogens with one attached hydrogen (secondary N) is 1. The van der Waals surface area contributed by atoms with Gasteiger partial charge in [-0.15, -0.1) is 0 Å². The van der Waals surface area contributed by atoms with Gasteiger partial charge in [0.15, 0.2) is 0 Å². The third-order valence-electron chi connectivity index (χ3n) is 8.37. The molecule has 0 spiro atoms. The molecule has 0 aliphatic carbocycles. The Morgan fingerprint density at radius 2 is 1.43 bits per heavy atom. The second kappa shape index (κ2) is 18.2. The number of hydrogen-bond acceptors (Lipinski definition) is 10. The molecule has 1 heterocycles. The van der Waals surface area contributed by atoms with Gasteiger partial charge in [-0.1, -0.05) is 42.5 Å². The van der Waals surface area contributed by atoms with Crippen molar-refractivity contribution in [3.63, 3.8) is 0 Å². The minimum Gasteiger partial charge on any atom is -0.438 e. The van der Waals surface area contributed by atoms with Crippen LogP contribution < -0.4 is 10.2 Å². The lowest BCUT2D eigenvalue weighted by Gasteiger charge is -2.27. The zero-order chi connectivity index (χ0) is 40.5. The molecule has 13 nitrogen and oxygen atoms in total. The van der Waals surface area contributed by atoms with E-state index in [4.69, 9.17) is 18.5 Å². The van der Waals surface area contributed by atoms with Crippen molar-refractivity contribution < 1.29 is 55.8 Å². The summed E-state index contributed by atoms with van der Waals surface area (Å²) in [5, 5.41) is 2.71. The van der Waals surface area contributed by atoms with E-state index >= 15 is 8.78 Å². The maximum atomic E-state index is 15.9. The van der Waals surface area contributed by atoms with Crippen molar-refractivity contribution in [2.75, 3.05) is 38.6 Å². The highest BCUT2D eigenvalue weighted by Gasteiger charge is 2.56. The quantitative estimate of drug-likeness (QED) is 0.0957. The summed E-state index contributed by atoms with van der Waals surface area (Å²) in [6.45, 7) is 8.64. The fourth-order valence-corrected chi connectivity index (χ4v) is 6.22. The fraction of sp³-hybridized carbons (Fsp3) is 0.500. The van der Waals surface area contributed by atoms with Crippen LogP contribution in [0, 0.1) is 10.8 Å². The number of para-hydroxylation sites is 1. The number of esters is 2. The Balaban J connectivity index is 1.72. The molecule has 0 aromatic heterocycles. The van der Waals surface area contributed by atoms with Gasteiger partial charge in [-0.3, -0.25) is 37.6 Å². The Hall–Kier alpha value is -4.46. The lowest BCUT2D eigenvalue weighted by atomic mass is 9.98. The first-order valence-corrected chi connectivity index (χ1v) is 18.9. The summed E-state index contributed by atoms with van der Waals surface area (Å²) in [5.41, 5.74) is -5.74. The van der Waals surface area contributed by atoms with Crippen LogP contribution in [0.25, 0.3) is 5.57 Å². The molecule has 2 aromatic rings. The van der Waals surface area contributed by atoms with E-state index in [2.05, 4.69) is 5.32 Å². The smallest absolute Gasteiger partial charge is 0.410 e. The molecular formula is C38H50F2N3O10P.